The van der Waals surface area contributed by atoms with E-state index < -0.39 is 11.9 Å². The van der Waals surface area contributed by atoms with Crippen molar-refractivity contribution < 1.29 is 13.2 Å². The molecular formula is C23H24F3N3. The molecule has 1 aliphatic carbocycles. The van der Waals surface area contributed by atoms with E-state index in [-0.39, 0.29) is 6.04 Å². The van der Waals surface area contributed by atoms with Crippen LogP contribution in [0, 0.1) is 5.92 Å². The minimum Gasteiger partial charge on any atom is -0.327 e. The molecule has 2 N–H and O–H groups in total. The van der Waals surface area contributed by atoms with Crippen LogP contribution in [0.1, 0.15) is 36.1 Å². The zero-order chi connectivity index (χ0) is 20.4. The number of benzene rings is 2. The molecule has 0 amide bonds. The van der Waals surface area contributed by atoms with E-state index in [2.05, 4.69) is 23.3 Å². The second kappa shape index (κ2) is 8.03. The summed E-state index contributed by atoms with van der Waals surface area (Å²) in [5, 5.41) is 3.60. The van der Waals surface area contributed by atoms with E-state index in [0.717, 1.165) is 41.5 Å². The van der Waals surface area contributed by atoms with Crippen molar-refractivity contribution in [3.8, 4) is 11.1 Å². The highest BCUT2D eigenvalue weighted by Crippen LogP contribution is 2.34. The third kappa shape index (κ3) is 5.26. The predicted molar refractivity (Wildman–Crippen MR) is 107 cm³/mol. The minimum absolute atomic E-state index is 0.204. The Bertz CT molecular complexity index is 956. The molecular weight excluding hydrogens is 375 g/mol. The Kier molecular flexibility index (Phi) is 5.46. The van der Waals surface area contributed by atoms with Gasteiger partial charge in [0, 0.05) is 12.2 Å². The fourth-order valence-electron chi connectivity index (χ4n) is 3.64. The molecule has 1 fully saturated rings. The summed E-state index contributed by atoms with van der Waals surface area (Å²) in [5.74, 6) is 0.822. The van der Waals surface area contributed by atoms with Crippen LogP contribution in [0.5, 0.6) is 0 Å². The zero-order valence-electron chi connectivity index (χ0n) is 16.1. The summed E-state index contributed by atoms with van der Waals surface area (Å²) < 4.78 is 39.3. The topological polar surface area (TPSA) is 43.8 Å². The maximum absolute atomic E-state index is 12.7. The lowest BCUT2D eigenvalue weighted by Gasteiger charge is -2.12. The molecule has 6 heteroatoms. The first-order valence-electron chi connectivity index (χ1n) is 9.91. The molecule has 0 radical (unpaired) electrons. The molecule has 29 heavy (non-hydrogen) atoms. The van der Waals surface area contributed by atoms with Crippen molar-refractivity contribution in [3.63, 3.8) is 0 Å². The van der Waals surface area contributed by atoms with Gasteiger partial charge in [0.1, 0.15) is 0 Å². The van der Waals surface area contributed by atoms with Crippen LogP contribution in [0.2, 0.25) is 0 Å². The Morgan fingerprint density at radius 3 is 2.41 bits per heavy atom. The van der Waals surface area contributed by atoms with Crippen molar-refractivity contribution >= 4 is 0 Å². The normalized spacial score (nSPS) is 15.4. The molecule has 1 aliphatic rings. The van der Waals surface area contributed by atoms with E-state index >= 15 is 0 Å². The number of aromatic nitrogens is 2. The fraction of sp³-hybridized carbons (Fsp3) is 0.348. The van der Waals surface area contributed by atoms with Gasteiger partial charge in [-0.25, -0.2) is 0 Å². The maximum Gasteiger partial charge on any atom is 0.435 e. The monoisotopic (exact) mass is 399 g/mol. The van der Waals surface area contributed by atoms with Crippen LogP contribution in [0.15, 0.2) is 60.8 Å². The van der Waals surface area contributed by atoms with E-state index in [9.17, 15) is 13.2 Å². The van der Waals surface area contributed by atoms with Crippen molar-refractivity contribution in [2.75, 3.05) is 0 Å². The van der Waals surface area contributed by atoms with E-state index in [1.165, 1.54) is 29.3 Å². The first-order valence-corrected chi connectivity index (χ1v) is 9.91. The summed E-state index contributed by atoms with van der Waals surface area (Å²) in [6.45, 7) is 0.298. The minimum atomic E-state index is -4.42. The number of hydrogen-bond acceptors (Lipinski definition) is 2. The van der Waals surface area contributed by atoms with Gasteiger partial charge in [0.05, 0.1) is 6.54 Å². The molecule has 1 heterocycles. The first-order chi connectivity index (χ1) is 13.9. The highest BCUT2D eigenvalue weighted by atomic mass is 19.4. The van der Waals surface area contributed by atoms with Gasteiger partial charge in [-0.15, -0.1) is 0 Å². The average Bonchev–Trinajstić information content (AvgIpc) is 3.35. The van der Waals surface area contributed by atoms with Gasteiger partial charge in [-0.1, -0.05) is 61.4 Å². The van der Waals surface area contributed by atoms with Crippen LogP contribution in [0.4, 0.5) is 13.2 Å². The summed E-state index contributed by atoms with van der Waals surface area (Å²) >= 11 is 0. The molecule has 152 valence electrons. The van der Waals surface area contributed by atoms with Crippen LogP contribution < -0.4 is 5.73 Å². The SMILES string of the molecule is NC(Cc1cccc(-c2ccc(Cn3ccc(C(F)(F)F)n3)cc2)c1)CC1CC1. The van der Waals surface area contributed by atoms with Gasteiger partial charge < -0.3 is 5.73 Å². The Labute approximate surface area is 168 Å². The van der Waals surface area contributed by atoms with Gasteiger partial charge >= 0.3 is 6.18 Å². The standard InChI is InChI=1S/C23H24F3N3/c24-23(25,26)22-10-11-29(28-22)15-17-6-8-19(9-7-17)20-3-1-2-18(12-20)14-21(27)13-16-4-5-16/h1-3,6-12,16,21H,4-5,13-15,27H2. The quantitative estimate of drug-likeness (QED) is 0.587. The molecule has 1 aromatic heterocycles. The van der Waals surface area contributed by atoms with E-state index in [4.69, 9.17) is 5.73 Å². The van der Waals surface area contributed by atoms with Crippen molar-refractivity contribution in [2.45, 2.75) is 44.4 Å². The summed E-state index contributed by atoms with van der Waals surface area (Å²) in [7, 11) is 0. The maximum atomic E-state index is 12.7. The fourth-order valence-corrected chi connectivity index (χ4v) is 3.64. The Morgan fingerprint density at radius 1 is 1.00 bits per heavy atom. The zero-order valence-corrected chi connectivity index (χ0v) is 16.1. The third-order valence-electron chi connectivity index (χ3n) is 5.32. The molecule has 1 saturated carbocycles. The Hall–Kier alpha value is -2.60. The van der Waals surface area contributed by atoms with Crippen molar-refractivity contribution in [1.82, 2.24) is 9.78 Å². The van der Waals surface area contributed by atoms with E-state index in [0.29, 0.717) is 6.54 Å². The smallest absolute Gasteiger partial charge is 0.327 e. The summed E-state index contributed by atoms with van der Waals surface area (Å²) in [6, 6.07) is 17.4. The van der Waals surface area contributed by atoms with Gasteiger partial charge in [0.15, 0.2) is 5.69 Å². The number of nitrogens with zero attached hydrogens (tertiary/aromatic N) is 2. The van der Waals surface area contributed by atoms with Crippen LogP contribution in [0.25, 0.3) is 11.1 Å². The second-order valence-electron chi connectivity index (χ2n) is 7.94. The molecule has 1 unspecified atom stereocenters. The largest absolute Gasteiger partial charge is 0.435 e. The molecule has 0 aliphatic heterocycles. The molecule has 0 bridgehead atoms. The van der Waals surface area contributed by atoms with Gasteiger partial charge in [0.2, 0.25) is 0 Å². The Balaban J connectivity index is 1.42. The van der Waals surface area contributed by atoms with Crippen molar-refractivity contribution in [3.05, 3.63) is 77.6 Å². The van der Waals surface area contributed by atoms with Gasteiger partial charge in [0.25, 0.3) is 0 Å². The average molecular weight is 399 g/mol. The number of alkyl halides is 3. The van der Waals surface area contributed by atoms with Crippen molar-refractivity contribution in [1.29, 1.82) is 0 Å². The molecule has 0 spiro atoms. The number of rotatable bonds is 7. The van der Waals surface area contributed by atoms with Crippen LogP contribution in [-0.4, -0.2) is 15.8 Å². The third-order valence-corrected chi connectivity index (χ3v) is 5.32. The highest BCUT2D eigenvalue weighted by Gasteiger charge is 2.33. The summed E-state index contributed by atoms with van der Waals surface area (Å²) in [5.41, 5.74) is 9.73. The van der Waals surface area contributed by atoms with Crippen LogP contribution in [-0.2, 0) is 19.1 Å². The van der Waals surface area contributed by atoms with Crippen LogP contribution >= 0.6 is 0 Å². The van der Waals surface area contributed by atoms with Gasteiger partial charge in [-0.2, -0.15) is 18.3 Å². The van der Waals surface area contributed by atoms with Crippen LogP contribution in [0.3, 0.4) is 0 Å². The first kappa shape index (κ1) is 19.7. The molecule has 4 rings (SSSR count). The molecule has 2 aromatic carbocycles. The van der Waals surface area contributed by atoms with E-state index in [1.54, 1.807) is 0 Å². The lowest BCUT2D eigenvalue weighted by molar-refractivity contribution is -0.141. The molecule has 1 atom stereocenters. The summed E-state index contributed by atoms with van der Waals surface area (Å²) in [6.07, 6.45) is 1.55. The number of nitrogens with two attached hydrogens (primary N) is 1. The second-order valence-corrected chi connectivity index (χ2v) is 7.94. The predicted octanol–water partition coefficient (Wildman–Crippen LogP) is 5.29. The Morgan fingerprint density at radius 2 is 1.76 bits per heavy atom. The van der Waals surface area contributed by atoms with Gasteiger partial charge in [-0.3, -0.25) is 4.68 Å². The lowest BCUT2D eigenvalue weighted by Crippen LogP contribution is -2.23. The molecule has 3 nitrogen and oxygen atoms in total. The molecule has 0 saturated heterocycles. The highest BCUT2D eigenvalue weighted by molar-refractivity contribution is 5.64. The van der Waals surface area contributed by atoms with Gasteiger partial charge in [-0.05, 0) is 47.1 Å². The van der Waals surface area contributed by atoms with Crippen molar-refractivity contribution in [2.24, 2.45) is 11.7 Å². The number of hydrogen-bond donors (Lipinski definition) is 1. The molecule has 3 aromatic rings. The summed E-state index contributed by atoms with van der Waals surface area (Å²) in [4.78, 5) is 0. The van der Waals surface area contributed by atoms with E-state index in [1.807, 2.05) is 30.3 Å². The lowest BCUT2D eigenvalue weighted by atomic mass is 9.97. The number of halogens is 3.